The van der Waals surface area contributed by atoms with E-state index in [-0.39, 0.29) is 11.9 Å². The van der Waals surface area contributed by atoms with E-state index < -0.39 is 0 Å². The van der Waals surface area contributed by atoms with Crippen molar-refractivity contribution in [1.82, 2.24) is 14.8 Å². The fourth-order valence-electron chi connectivity index (χ4n) is 3.32. The molecule has 27 heavy (non-hydrogen) atoms. The van der Waals surface area contributed by atoms with Gasteiger partial charge in [0.25, 0.3) is 0 Å². The van der Waals surface area contributed by atoms with Gasteiger partial charge in [0.05, 0.1) is 25.9 Å². The third kappa shape index (κ3) is 4.64. The van der Waals surface area contributed by atoms with Crippen LogP contribution in [-0.2, 0) is 21.8 Å². The molecule has 1 unspecified atom stereocenters. The van der Waals surface area contributed by atoms with Crippen molar-refractivity contribution in [3.05, 3.63) is 34.1 Å². The second kappa shape index (κ2) is 8.89. The van der Waals surface area contributed by atoms with E-state index >= 15 is 0 Å². The summed E-state index contributed by atoms with van der Waals surface area (Å²) in [6, 6.07) is 5.15. The highest BCUT2D eigenvalue weighted by atomic mass is 79.9. The summed E-state index contributed by atoms with van der Waals surface area (Å²) in [7, 11) is 0. The van der Waals surface area contributed by atoms with Crippen LogP contribution in [0, 0.1) is 5.82 Å². The number of hydrogen-bond acceptors (Lipinski definition) is 6. The van der Waals surface area contributed by atoms with Gasteiger partial charge in [-0.15, -0.1) is 10.2 Å². The molecule has 9 heteroatoms. The molecule has 6 nitrogen and oxygen atoms in total. The lowest BCUT2D eigenvalue weighted by atomic mass is 10.2. The number of hydrogen-bond donors (Lipinski definition) is 0. The zero-order chi connectivity index (χ0) is 18.6. The van der Waals surface area contributed by atoms with Crippen LogP contribution in [0.1, 0.15) is 18.4 Å². The van der Waals surface area contributed by atoms with Gasteiger partial charge in [-0.05, 0) is 30.5 Å². The van der Waals surface area contributed by atoms with Crippen LogP contribution in [0.15, 0.2) is 27.8 Å². The van der Waals surface area contributed by atoms with Gasteiger partial charge in [-0.3, -0.25) is 4.57 Å². The van der Waals surface area contributed by atoms with Crippen molar-refractivity contribution in [1.29, 1.82) is 0 Å². The van der Waals surface area contributed by atoms with Crippen LogP contribution in [0.4, 0.5) is 10.3 Å². The second-order valence-corrected chi connectivity index (χ2v) is 8.51. The molecular weight excluding hydrogens is 435 g/mol. The number of morpholine rings is 1. The molecule has 0 aliphatic carbocycles. The highest BCUT2D eigenvalue weighted by Crippen LogP contribution is 2.29. The minimum atomic E-state index is -0.213. The topological polar surface area (TPSA) is 52.4 Å². The second-order valence-electron chi connectivity index (χ2n) is 6.65. The lowest BCUT2D eigenvalue weighted by Crippen LogP contribution is -2.38. The van der Waals surface area contributed by atoms with E-state index in [0.717, 1.165) is 54.7 Å². The molecule has 2 fully saturated rings. The first kappa shape index (κ1) is 19.2. The first-order valence-electron chi connectivity index (χ1n) is 9.15. The number of anilines is 1. The van der Waals surface area contributed by atoms with E-state index in [1.54, 1.807) is 6.07 Å². The van der Waals surface area contributed by atoms with Gasteiger partial charge < -0.3 is 14.4 Å². The minimum absolute atomic E-state index is 0.185. The summed E-state index contributed by atoms with van der Waals surface area (Å²) in [5.74, 6) is 1.15. The Balaban J connectivity index is 1.53. The van der Waals surface area contributed by atoms with E-state index in [2.05, 4.69) is 35.6 Å². The minimum Gasteiger partial charge on any atom is -0.378 e. The summed E-state index contributed by atoms with van der Waals surface area (Å²) < 4.78 is 28.3. The molecule has 1 atom stereocenters. The smallest absolute Gasteiger partial charge is 0.228 e. The average Bonchev–Trinajstić information content (AvgIpc) is 3.32. The van der Waals surface area contributed by atoms with Crippen molar-refractivity contribution in [3.8, 4) is 0 Å². The molecule has 4 rings (SSSR count). The van der Waals surface area contributed by atoms with Gasteiger partial charge in [0.1, 0.15) is 5.82 Å². The number of thioether (sulfide) groups is 1. The number of aromatic nitrogens is 3. The Morgan fingerprint density at radius 3 is 2.81 bits per heavy atom. The van der Waals surface area contributed by atoms with Crippen molar-refractivity contribution >= 4 is 33.6 Å². The van der Waals surface area contributed by atoms with Crippen LogP contribution in [0.25, 0.3) is 0 Å². The molecule has 0 N–H and O–H groups in total. The monoisotopic (exact) mass is 456 g/mol. The zero-order valence-electron chi connectivity index (χ0n) is 14.9. The van der Waals surface area contributed by atoms with Gasteiger partial charge in [-0.2, -0.15) is 0 Å². The zero-order valence-corrected chi connectivity index (χ0v) is 17.3. The van der Waals surface area contributed by atoms with E-state index in [1.165, 1.54) is 17.8 Å². The third-order valence-corrected chi connectivity index (χ3v) is 6.28. The highest BCUT2D eigenvalue weighted by molar-refractivity contribution is 9.10. The van der Waals surface area contributed by atoms with Crippen LogP contribution in [0.5, 0.6) is 0 Å². The van der Waals surface area contributed by atoms with Crippen molar-refractivity contribution in [2.45, 2.75) is 36.4 Å². The Morgan fingerprint density at radius 2 is 2.07 bits per heavy atom. The van der Waals surface area contributed by atoms with Crippen molar-refractivity contribution in [3.63, 3.8) is 0 Å². The maximum Gasteiger partial charge on any atom is 0.228 e. The summed E-state index contributed by atoms with van der Waals surface area (Å²) in [6.45, 7) is 4.53. The Kier molecular flexibility index (Phi) is 6.31. The van der Waals surface area contributed by atoms with Gasteiger partial charge in [0.2, 0.25) is 5.95 Å². The number of ether oxygens (including phenoxy) is 2. The average molecular weight is 457 g/mol. The Hall–Kier alpha value is -1.16. The normalized spacial score (nSPS) is 20.4. The van der Waals surface area contributed by atoms with E-state index in [1.807, 2.05) is 6.07 Å². The lowest BCUT2D eigenvalue weighted by molar-refractivity contribution is 0.0942. The molecule has 2 saturated heterocycles. The van der Waals surface area contributed by atoms with Gasteiger partial charge in [-0.1, -0.05) is 33.8 Å². The summed E-state index contributed by atoms with van der Waals surface area (Å²) in [5, 5.41) is 9.64. The molecule has 146 valence electrons. The lowest BCUT2D eigenvalue weighted by Gasteiger charge is -2.28. The Labute approximate surface area is 170 Å². The summed E-state index contributed by atoms with van der Waals surface area (Å²) in [4.78, 5) is 2.20. The molecule has 3 heterocycles. The molecule has 0 radical (unpaired) electrons. The van der Waals surface area contributed by atoms with E-state index in [4.69, 9.17) is 9.47 Å². The van der Waals surface area contributed by atoms with Crippen LogP contribution in [0.3, 0.4) is 0 Å². The predicted molar refractivity (Wildman–Crippen MR) is 106 cm³/mol. The third-order valence-electron chi connectivity index (χ3n) is 4.77. The Morgan fingerprint density at radius 1 is 1.22 bits per heavy atom. The molecule has 1 aromatic carbocycles. The standard InChI is InChI=1S/C18H22BrFN4O2S/c19-14-4-3-13(16(20)10-14)12-27-18-22-21-17(23-5-8-25-9-6-23)24(18)11-15-2-1-7-26-15/h3-4,10,15H,1-2,5-9,11-12H2. The quantitative estimate of drug-likeness (QED) is 0.620. The van der Waals surface area contributed by atoms with Crippen molar-refractivity contribution in [2.24, 2.45) is 0 Å². The molecule has 0 bridgehead atoms. The van der Waals surface area contributed by atoms with Crippen LogP contribution >= 0.6 is 27.7 Å². The fourth-order valence-corrected chi connectivity index (χ4v) is 4.58. The summed E-state index contributed by atoms with van der Waals surface area (Å²) in [6.07, 6.45) is 2.32. The van der Waals surface area contributed by atoms with Crippen LogP contribution < -0.4 is 4.90 Å². The van der Waals surface area contributed by atoms with Crippen LogP contribution in [0.2, 0.25) is 0 Å². The summed E-state index contributed by atoms with van der Waals surface area (Å²) in [5.41, 5.74) is 0.655. The number of nitrogens with zero attached hydrogens (tertiary/aromatic N) is 4. The summed E-state index contributed by atoms with van der Waals surface area (Å²) >= 11 is 4.81. The van der Waals surface area contributed by atoms with Crippen LogP contribution in [-0.4, -0.2) is 53.8 Å². The van der Waals surface area contributed by atoms with E-state index in [0.29, 0.717) is 24.5 Å². The maximum atomic E-state index is 14.1. The predicted octanol–water partition coefficient (Wildman–Crippen LogP) is 3.49. The highest BCUT2D eigenvalue weighted by Gasteiger charge is 2.25. The number of benzene rings is 1. The molecule has 2 aliphatic rings. The van der Waals surface area contributed by atoms with Gasteiger partial charge in [0.15, 0.2) is 5.16 Å². The van der Waals surface area contributed by atoms with Gasteiger partial charge >= 0.3 is 0 Å². The number of rotatable bonds is 6. The molecule has 0 amide bonds. The molecule has 2 aromatic rings. The SMILES string of the molecule is Fc1cc(Br)ccc1CSc1nnc(N2CCOCC2)n1CC1CCCO1. The van der Waals surface area contributed by atoms with Gasteiger partial charge in [-0.25, -0.2) is 4.39 Å². The largest absolute Gasteiger partial charge is 0.378 e. The van der Waals surface area contributed by atoms with Crippen molar-refractivity contribution < 1.29 is 13.9 Å². The molecule has 0 spiro atoms. The van der Waals surface area contributed by atoms with Crippen molar-refractivity contribution in [2.75, 3.05) is 37.8 Å². The Bertz CT molecular complexity index is 779. The number of halogens is 2. The maximum absolute atomic E-state index is 14.1. The first-order valence-corrected chi connectivity index (χ1v) is 10.9. The molecule has 0 saturated carbocycles. The fraction of sp³-hybridized carbons (Fsp3) is 0.556. The van der Waals surface area contributed by atoms with E-state index in [9.17, 15) is 4.39 Å². The molecule has 1 aromatic heterocycles. The molecule has 2 aliphatic heterocycles. The first-order chi connectivity index (χ1) is 13.2. The van der Waals surface area contributed by atoms with Gasteiger partial charge in [0, 0.05) is 29.9 Å². The molecular formula is C18H22BrFN4O2S.